The van der Waals surface area contributed by atoms with Crippen LogP contribution in [0.25, 0.3) is 0 Å². The number of ketones is 1. The van der Waals surface area contributed by atoms with E-state index in [1.807, 2.05) is 0 Å². The summed E-state index contributed by atoms with van der Waals surface area (Å²) in [7, 11) is 0. The van der Waals surface area contributed by atoms with Gasteiger partial charge in [0.15, 0.2) is 23.6 Å². The summed E-state index contributed by atoms with van der Waals surface area (Å²) in [6.45, 7) is 7.26. The van der Waals surface area contributed by atoms with Gasteiger partial charge in [0.05, 0.1) is 41.2 Å². The molecule has 0 unspecified atom stereocenters. The fraction of sp³-hybridized carbons (Fsp3) is 0.458. The molecule has 2 bridgehead atoms. The Morgan fingerprint density at radius 1 is 0.848 bits per heavy atom. The molecule has 0 radical (unpaired) electrons. The zero-order valence-electron chi connectivity index (χ0n) is 36.8. The minimum Gasteiger partial charge on any atom is -0.456 e. The summed E-state index contributed by atoms with van der Waals surface area (Å²) in [6, 6.07) is 17.6. The van der Waals surface area contributed by atoms with Crippen molar-refractivity contribution in [2.45, 2.75) is 114 Å². The van der Waals surface area contributed by atoms with Crippen molar-refractivity contribution in [1.82, 2.24) is 5.32 Å². The molecule has 3 fully saturated rings. The molecule has 4 aliphatic rings. The third kappa shape index (κ3) is 8.07. The van der Waals surface area contributed by atoms with E-state index < -0.39 is 137 Å². The van der Waals surface area contributed by atoms with E-state index in [1.165, 1.54) is 39.8 Å². The number of benzene rings is 3. The van der Waals surface area contributed by atoms with E-state index in [-0.39, 0.29) is 23.1 Å². The first-order chi connectivity index (χ1) is 30.9. The van der Waals surface area contributed by atoms with Gasteiger partial charge in [-0.2, -0.15) is 13.2 Å². The van der Waals surface area contributed by atoms with Crippen molar-refractivity contribution in [3.63, 3.8) is 0 Å². The van der Waals surface area contributed by atoms with Gasteiger partial charge in [-0.05, 0) is 67.0 Å². The van der Waals surface area contributed by atoms with Crippen molar-refractivity contribution in [3.8, 4) is 0 Å². The lowest BCUT2D eigenvalue weighted by molar-refractivity contribution is -0.346. The summed E-state index contributed by atoms with van der Waals surface area (Å²) in [5.74, 6) is -7.86. The van der Waals surface area contributed by atoms with E-state index in [0.717, 1.165) is 26.0 Å². The van der Waals surface area contributed by atoms with Crippen LogP contribution in [-0.4, -0.2) is 105 Å². The normalized spacial score (nSPS) is 30.9. The average Bonchev–Trinajstić information content (AvgIpc) is 3.26. The molecule has 3 aromatic carbocycles. The molecule has 4 N–H and O–H groups in total. The molecule has 7 rings (SSSR count). The van der Waals surface area contributed by atoms with E-state index in [2.05, 4.69) is 5.32 Å². The van der Waals surface area contributed by atoms with Crippen LogP contribution < -0.4 is 5.32 Å². The van der Waals surface area contributed by atoms with Gasteiger partial charge in [0.2, 0.25) is 0 Å². The molecule has 66 heavy (non-hydrogen) atoms. The lowest BCUT2D eigenvalue weighted by Crippen LogP contribution is -2.82. The highest BCUT2D eigenvalue weighted by atomic mass is 19.4. The molecule has 11 atom stereocenters. The molecule has 1 saturated heterocycles. The molecular formula is C48H50F3NO14. The molecule has 2 saturated carbocycles. The minimum atomic E-state index is -4.77. The zero-order chi connectivity index (χ0) is 48.3. The molecule has 3 aliphatic carbocycles. The van der Waals surface area contributed by atoms with Gasteiger partial charge < -0.3 is 44.3 Å². The Morgan fingerprint density at radius 3 is 2.00 bits per heavy atom. The summed E-state index contributed by atoms with van der Waals surface area (Å²) >= 11 is 0. The maximum absolute atomic E-state index is 15.5. The average molecular weight is 922 g/mol. The number of hydrogen-bond donors (Lipinski definition) is 4. The van der Waals surface area contributed by atoms with Crippen LogP contribution in [0.5, 0.6) is 0 Å². The summed E-state index contributed by atoms with van der Waals surface area (Å²) in [5, 5.41) is 40.2. The molecule has 18 heteroatoms. The second-order valence-electron chi connectivity index (χ2n) is 18.1. The second-order valence-corrected chi connectivity index (χ2v) is 18.1. The van der Waals surface area contributed by atoms with Gasteiger partial charge in [-0.25, -0.2) is 9.59 Å². The largest absolute Gasteiger partial charge is 0.456 e. The number of nitrogens with one attached hydrogen (secondary N) is 1. The Hall–Kier alpha value is -5.95. The van der Waals surface area contributed by atoms with Crippen LogP contribution in [-0.2, 0) is 49.0 Å². The smallest absolute Gasteiger partial charge is 0.416 e. The number of carbonyl (C=O) groups is 6. The van der Waals surface area contributed by atoms with E-state index in [4.69, 9.17) is 23.7 Å². The molecular weight excluding hydrogens is 872 g/mol. The Bertz CT molecular complexity index is 2440. The first kappa shape index (κ1) is 48.0. The highest BCUT2D eigenvalue weighted by Crippen LogP contribution is 2.64. The number of esters is 4. The Morgan fingerprint density at radius 2 is 1.45 bits per heavy atom. The van der Waals surface area contributed by atoms with Crippen molar-refractivity contribution in [1.29, 1.82) is 0 Å². The van der Waals surface area contributed by atoms with Crippen LogP contribution in [0.15, 0.2) is 96.1 Å². The fourth-order valence-electron chi connectivity index (χ4n) is 10.4. The number of fused-ring (bicyclic) bond motifs is 5. The Kier molecular flexibility index (Phi) is 12.6. The molecule has 3 aromatic rings. The number of aliphatic hydroxyl groups excluding tert-OH is 2. The van der Waals surface area contributed by atoms with E-state index >= 15 is 4.79 Å². The van der Waals surface area contributed by atoms with Crippen molar-refractivity contribution in [2.75, 3.05) is 6.61 Å². The number of alkyl halides is 3. The van der Waals surface area contributed by atoms with Gasteiger partial charge in [0.25, 0.3) is 5.91 Å². The van der Waals surface area contributed by atoms with Gasteiger partial charge in [0.1, 0.15) is 23.9 Å². The number of ether oxygens (including phenoxy) is 5. The number of aliphatic hydroxyl groups is 3. The van der Waals surface area contributed by atoms with Gasteiger partial charge in [-0.15, -0.1) is 0 Å². The zero-order valence-corrected chi connectivity index (χ0v) is 36.8. The predicted octanol–water partition coefficient (Wildman–Crippen LogP) is 4.75. The monoisotopic (exact) mass is 921 g/mol. The standard InChI is InChI=1S/C48H50F3NO14/c1-24-31(64-43(60)36(56)35(27-13-9-7-10-14-27)52-41(58)28-15-11-8-12-16-28)22-47(61)40(65-42(59)29-17-19-30(20-18-29)48(49,50)51)38-45(6,32(55)21-33-46(38,23-62-33)66-26(3)54)39(57)37(63-25(2)53)34(24)44(47,4)5/h7-20,31-33,35-38,40,55-56,61H,21-23H2,1-6H3,(H,52,58)/t31-,32-,33+,35-,36+,37+,38-,40-,45+,46-,47+/m0/s1. The van der Waals surface area contributed by atoms with Gasteiger partial charge in [-0.3, -0.25) is 19.2 Å². The van der Waals surface area contributed by atoms with Crippen LogP contribution in [0.4, 0.5) is 13.2 Å². The molecule has 1 aliphatic heterocycles. The number of rotatable bonds is 10. The van der Waals surface area contributed by atoms with Crippen molar-refractivity contribution in [2.24, 2.45) is 16.7 Å². The Balaban J connectivity index is 1.39. The molecule has 1 heterocycles. The fourth-order valence-corrected chi connectivity index (χ4v) is 10.4. The predicted molar refractivity (Wildman–Crippen MR) is 223 cm³/mol. The number of amides is 1. The van der Waals surface area contributed by atoms with Gasteiger partial charge in [0, 0.05) is 37.7 Å². The van der Waals surface area contributed by atoms with E-state index in [9.17, 15) is 52.5 Å². The van der Waals surface area contributed by atoms with Crippen LogP contribution in [0.3, 0.4) is 0 Å². The summed E-state index contributed by atoms with van der Waals surface area (Å²) in [6.07, 6.45) is -16.4. The lowest BCUT2D eigenvalue weighted by atomic mass is 9.44. The molecule has 1 amide bonds. The quantitative estimate of drug-likeness (QED) is 0.123. The van der Waals surface area contributed by atoms with E-state index in [1.54, 1.807) is 48.5 Å². The minimum absolute atomic E-state index is 0.0640. The SMILES string of the molecule is CC(=O)O[C@H]1C(=O)[C@@]2(C)[C@H]([C@H](OC(=O)c3ccc(C(F)(F)F)cc3)[C@]3(O)C[C@H](OC(=O)[C@H](O)[C@@H](NC(=O)c4ccccc4)c4ccccc4)C(C)=C1C3(C)C)[C@]1(OC(C)=O)CO[C@@H]1C[C@@H]2O. The topological polar surface area (TPSA) is 221 Å². The summed E-state index contributed by atoms with van der Waals surface area (Å²) in [5.41, 5.74) is -9.63. The van der Waals surface area contributed by atoms with Gasteiger partial charge >= 0.3 is 30.1 Å². The number of halogens is 3. The Labute approximate surface area is 377 Å². The van der Waals surface area contributed by atoms with Crippen molar-refractivity contribution < 1.29 is 80.9 Å². The van der Waals surface area contributed by atoms with Crippen LogP contribution >= 0.6 is 0 Å². The van der Waals surface area contributed by atoms with Crippen LogP contribution in [0.1, 0.15) is 92.3 Å². The van der Waals surface area contributed by atoms with Crippen LogP contribution in [0.2, 0.25) is 0 Å². The number of hydrogen-bond acceptors (Lipinski definition) is 14. The summed E-state index contributed by atoms with van der Waals surface area (Å²) < 4.78 is 70.7. The molecule has 0 aromatic heterocycles. The highest BCUT2D eigenvalue weighted by molar-refractivity contribution is 5.96. The first-order valence-electron chi connectivity index (χ1n) is 21.2. The van der Waals surface area contributed by atoms with Gasteiger partial charge in [-0.1, -0.05) is 62.4 Å². The number of carbonyl (C=O) groups excluding carboxylic acids is 6. The third-order valence-electron chi connectivity index (χ3n) is 13.9. The first-order valence-corrected chi connectivity index (χ1v) is 21.2. The molecule has 0 spiro atoms. The van der Waals surface area contributed by atoms with Crippen molar-refractivity contribution in [3.05, 3.63) is 118 Å². The van der Waals surface area contributed by atoms with Crippen LogP contribution in [0, 0.1) is 16.7 Å². The highest BCUT2D eigenvalue weighted by Gasteiger charge is 2.78. The molecule has 352 valence electrons. The van der Waals surface area contributed by atoms with E-state index in [0.29, 0.717) is 17.7 Å². The lowest BCUT2D eigenvalue weighted by Gasteiger charge is -2.67. The maximum Gasteiger partial charge on any atom is 0.416 e. The number of Topliss-reactive ketones (excluding diaryl/α,β-unsaturated/α-hetero) is 1. The second kappa shape index (κ2) is 17.4. The molecule has 15 nitrogen and oxygen atoms in total. The summed E-state index contributed by atoms with van der Waals surface area (Å²) in [4.78, 5) is 83.6. The maximum atomic E-state index is 15.5. The van der Waals surface area contributed by atoms with Crippen molar-refractivity contribution >= 4 is 35.6 Å². The third-order valence-corrected chi connectivity index (χ3v) is 13.9.